The second kappa shape index (κ2) is 8.25. The fourth-order valence-electron chi connectivity index (χ4n) is 2.50. The van der Waals surface area contributed by atoms with E-state index in [0.29, 0.717) is 6.42 Å². The molecule has 2 aromatic carbocycles. The molecule has 0 atom stereocenters. The van der Waals surface area contributed by atoms with E-state index in [-0.39, 0.29) is 5.91 Å². The average Bonchev–Trinajstić information content (AvgIpc) is 2.54. The molecular weight excluding hydrogens is 258 g/mol. The van der Waals surface area contributed by atoms with Crippen molar-refractivity contribution in [3.05, 3.63) is 66.2 Å². The van der Waals surface area contributed by atoms with Gasteiger partial charge in [0.25, 0.3) is 0 Å². The molecule has 0 saturated carbocycles. The van der Waals surface area contributed by atoms with Gasteiger partial charge < -0.3 is 4.90 Å². The van der Waals surface area contributed by atoms with Gasteiger partial charge in [0.05, 0.1) is 0 Å². The highest BCUT2D eigenvalue weighted by molar-refractivity contribution is 5.93. The number of nitrogens with zero attached hydrogens (tertiary/aromatic N) is 1. The van der Waals surface area contributed by atoms with Gasteiger partial charge in [-0.25, -0.2) is 0 Å². The number of carbonyl (C=O) groups excluding carboxylic acids is 1. The highest BCUT2D eigenvalue weighted by atomic mass is 16.2. The Labute approximate surface area is 127 Å². The van der Waals surface area contributed by atoms with Gasteiger partial charge in [-0.15, -0.1) is 0 Å². The zero-order chi connectivity index (χ0) is 14.9. The molecule has 0 aliphatic rings. The molecule has 0 spiro atoms. The minimum absolute atomic E-state index is 0.219. The van der Waals surface area contributed by atoms with Crippen molar-refractivity contribution in [2.75, 3.05) is 11.4 Å². The van der Waals surface area contributed by atoms with Crippen molar-refractivity contribution in [3.8, 4) is 0 Å². The van der Waals surface area contributed by atoms with Crippen molar-refractivity contribution in [2.45, 2.75) is 32.6 Å². The Morgan fingerprint density at radius 2 is 1.52 bits per heavy atom. The summed E-state index contributed by atoms with van der Waals surface area (Å²) in [6, 6.07) is 20.4. The lowest BCUT2D eigenvalue weighted by Crippen LogP contribution is -2.30. The number of rotatable bonds is 7. The number of hydrogen-bond donors (Lipinski definition) is 0. The third-order valence-electron chi connectivity index (χ3n) is 3.63. The largest absolute Gasteiger partial charge is 0.313 e. The second-order valence-corrected chi connectivity index (χ2v) is 5.17. The van der Waals surface area contributed by atoms with E-state index in [2.05, 4.69) is 24.3 Å². The summed E-state index contributed by atoms with van der Waals surface area (Å²) in [7, 11) is 0. The van der Waals surface area contributed by atoms with E-state index >= 15 is 0 Å². The number of aryl methyl sites for hydroxylation is 1. The van der Waals surface area contributed by atoms with Gasteiger partial charge in [0.1, 0.15) is 0 Å². The van der Waals surface area contributed by atoms with Gasteiger partial charge in [0.2, 0.25) is 5.91 Å². The molecule has 0 heterocycles. The van der Waals surface area contributed by atoms with Gasteiger partial charge in [0, 0.05) is 18.7 Å². The first kappa shape index (κ1) is 15.3. The zero-order valence-corrected chi connectivity index (χ0v) is 12.7. The van der Waals surface area contributed by atoms with Gasteiger partial charge in [-0.1, -0.05) is 48.5 Å². The van der Waals surface area contributed by atoms with Crippen LogP contribution < -0.4 is 4.90 Å². The molecule has 110 valence electrons. The van der Waals surface area contributed by atoms with Crippen LogP contribution in [-0.2, 0) is 11.2 Å². The van der Waals surface area contributed by atoms with E-state index in [1.54, 1.807) is 0 Å². The molecule has 21 heavy (non-hydrogen) atoms. The number of anilines is 1. The molecule has 0 aromatic heterocycles. The quantitative estimate of drug-likeness (QED) is 0.686. The molecular formula is C19H23NO. The molecule has 0 fully saturated rings. The molecule has 2 heteroatoms. The number of unbranched alkanes of at least 4 members (excludes halogenated alkanes) is 1. The first-order valence-corrected chi connectivity index (χ1v) is 7.70. The molecule has 0 radical (unpaired) electrons. The summed E-state index contributed by atoms with van der Waals surface area (Å²) in [6.45, 7) is 2.75. The number of amides is 1. The van der Waals surface area contributed by atoms with Gasteiger partial charge >= 0.3 is 0 Å². The third kappa shape index (κ3) is 4.75. The van der Waals surface area contributed by atoms with Gasteiger partial charge in [0.15, 0.2) is 0 Å². The topological polar surface area (TPSA) is 20.3 Å². The van der Waals surface area contributed by atoms with Crippen LogP contribution in [0.5, 0.6) is 0 Å². The minimum atomic E-state index is 0.219. The average molecular weight is 281 g/mol. The predicted molar refractivity (Wildman–Crippen MR) is 88.5 cm³/mol. The first-order valence-electron chi connectivity index (χ1n) is 7.70. The van der Waals surface area contributed by atoms with Gasteiger partial charge in [-0.05, 0) is 43.9 Å². The number of para-hydroxylation sites is 1. The van der Waals surface area contributed by atoms with Gasteiger partial charge in [-0.3, -0.25) is 4.79 Å². The van der Waals surface area contributed by atoms with Crippen molar-refractivity contribution in [2.24, 2.45) is 0 Å². The van der Waals surface area contributed by atoms with E-state index in [1.807, 2.05) is 48.2 Å². The fraction of sp³-hybridized carbons (Fsp3) is 0.316. The lowest BCUT2D eigenvalue weighted by Gasteiger charge is -2.21. The van der Waals surface area contributed by atoms with Crippen LogP contribution in [0.25, 0.3) is 0 Å². The first-order chi connectivity index (χ1) is 10.3. The van der Waals surface area contributed by atoms with E-state index in [4.69, 9.17) is 0 Å². The summed E-state index contributed by atoms with van der Waals surface area (Å²) in [6.07, 6.45) is 3.67. The number of carbonyl (C=O) groups is 1. The summed E-state index contributed by atoms with van der Waals surface area (Å²) in [5, 5.41) is 0. The Morgan fingerprint density at radius 1 is 0.905 bits per heavy atom. The van der Waals surface area contributed by atoms with Crippen LogP contribution in [0.3, 0.4) is 0 Å². The zero-order valence-electron chi connectivity index (χ0n) is 12.7. The molecule has 2 nitrogen and oxygen atoms in total. The van der Waals surface area contributed by atoms with Crippen LogP contribution in [0.4, 0.5) is 5.69 Å². The van der Waals surface area contributed by atoms with Crippen LogP contribution in [0, 0.1) is 0 Å². The third-order valence-corrected chi connectivity index (χ3v) is 3.63. The fourth-order valence-corrected chi connectivity index (χ4v) is 2.50. The smallest absolute Gasteiger partial charge is 0.226 e. The highest BCUT2D eigenvalue weighted by Crippen LogP contribution is 2.15. The van der Waals surface area contributed by atoms with E-state index in [1.165, 1.54) is 5.56 Å². The number of hydrogen-bond acceptors (Lipinski definition) is 1. The van der Waals surface area contributed by atoms with E-state index in [0.717, 1.165) is 31.5 Å². The summed E-state index contributed by atoms with van der Waals surface area (Å²) in [5.74, 6) is 0.219. The molecule has 0 N–H and O–H groups in total. The SMILES string of the molecule is CCN(C(=O)CCCCc1ccccc1)c1ccccc1. The van der Waals surface area contributed by atoms with Gasteiger partial charge in [-0.2, -0.15) is 0 Å². The summed E-state index contributed by atoms with van der Waals surface area (Å²) >= 11 is 0. The summed E-state index contributed by atoms with van der Waals surface area (Å²) < 4.78 is 0. The molecule has 2 aromatic rings. The Hall–Kier alpha value is -2.09. The monoisotopic (exact) mass is 281 g/mol. The van der Waals surface area contributed by atoms with Crippen LogP contribution in [0.15, 0.2) is 60.7 Å². The maximum atomic E-state index is 12.3. The van der Waals surface area contributed by atoms with Crippen molar-refractivity contribution in [1.29, 1.82) is 0 Å². The molecule has 0 saturated heterocycles. The lowest BCUT2D eigenvalue weighted by atomic mass is 10.1. The van der Waals surface area contributed by atoms with Crippen LogP contribution in [-0.4, -0.2) is 12.5 Å². The highest BCUT2D eigenvalue weighted by Gasteiger charge is 2.12. The maximum absolute atomic E-state index is 12.3. The number of benzene rings is 2. The minimum Gasteiger partial charge on any atom is -0.313 e. The summed E-state index contributed by atoms with van der Waals surface area (Å²) in [4.78, 5) is 14.2. The van der Waals surface area contributed by atoms with Crippen molar-refractivity contribution in [3.63, 3.8) is 0 Å². The Balaban J connectivity index is 1.78. The van der Waals surface area contributed by atoms with Crippen LogP contribution >= 0.6 is 0 Å². The predicted octanol–water partition coefficient (Wildman–Crippen LogP) is 4.45. The Morgan fingerprint density at radius 3 is 2.14 bits per heavy atom. The van der Waals surface area contributed by atoms with Crippen LogP contribution in [0.1, 0.15) is 31.7 Å². The van der Waals surface area contributed by atoms with E-state index < -0.39 is 0 Å². The molecule has 1 amide bonds. The van der Waals surface area contributed by atoms with E-state index in [9.17, 15) is 4.79 Å². The Kier molecular flexibility index (Phi) is 6.01. The standard InChI is InChI=1S/C19H23NO/c1-2-20(18-14-7-4-8-15-18)19(21)16-10-9-13-17-11-5-3-6-12-17/h3-8,11-12,14-15H,2,9-10,13,16H2,1H3. The summed E-state index contributed by atoms with van der Waals surface area (Å²) in [5.41, 5.74) is 2.34. The molecule has 0 bridgehead atoms. The normalized spacial score (nSPS) is 10.3. The second-order valence-electron chi connectivity index (χ2n) is 5.17. The molecule has 2 rings (SSSR count). The molecule has 0 aliphatic carbocycles. The van der Waals surface area contributed by atoms with Crippen molar-refractivity contribution < 1.29 is 4.79 Å². The molecule has 0 unspecified atom stereocenters. The lowest BCUT2D eigenvalue weighted by molar-refractivity contribution is -0.118. The van der Waals surface area contributed by atoms with Crippen LogP contribution in [0.2, 0.25) is 0 Å². The van der Waals surface area contributed by atoms with Crippen molar-refractivity contribution in [1.82, 2.24) is 0 Å². The maximum Gasteiger partial charge on any atom is 0.226 e. The Bertz CT molecular complexity index is 536. The molecule has 0 aliphatic heterocycles. The van der Waals surface area contributed by atoms with Crippen molar-refractivity contribution >= 4 is 11.6 Å².